The van der Waals surface area contributed by atoms with E-state index in [1.807, 2.05) is 0 Å². The van der Waals surface area contributed by atoms with Gasteiger partial charge in [0.25, 0.3) is 0 Å². The molecule has 0 N–H and O–H groups in total. The fraction of sp³-hybridized carbons (Fsp3) is 0.429. The molecule has 0 aromatic heterocycles. The number of nitrogens with zero attached hydrogens (tertiary/aromatic N) is 1. The summed E-state index contributed by atoms with van der Waals surface area (Å²) in [5, 5.41) is 0. The summed E-state index contributed by atoms with van der Waals surface area (Å²) in [5.41, 5.74) is -0.582. The molecule has 20 heavy (non-hydrogen) atoms. The lowest BCUT2D eigenvalue weighted by Gasteiger charge is -2.28. The fourth-order valence-corrected chi connectivity index (χ4v) is 2.17. The van der Waals surface area contributed by atoms with Gasteiger partial charge >= 0.3 is 6.09 Å². The van der Waals surface area contributed by atoms with Crippen molar-refractivity contribution in [3.05, 3.63) is 34.1 Å². The van der Waals surface area contributed by atoms with Crippen molar-refractivity contribution >= 4 is 28.3 Å². The minimum Gasteiger partial charge on any atom is -0.444 e. The molecule has 0 aliphatic carbocycles. The van der Waals surface area contributed by atoms with Crippen LogP contribution < -0.4 is 0 Å². The van der Waals surface area contributed by atoms with Crippen LogP contribution in [-0.4, -0.2) is 29.9 Å². The number of ether oxygens (including phenoxy) is 1. The fourth-order valence-electron chi connectivity index (χ4n) is 1.59. The molecule has 0 spiro atoms. The second-order valence-electron chi connectivity index (χ2n) is 5.31. The zero-order valence-electron chi connectivity index (χ0n) is 11.8. The first-order valence-corrected chi connectivity index (χ1v) is 6.81. The topological polar surface area (TPSA) is 46.6 Å². The standard InChI is InChI=1S/C14H17BrFNO3/c1-14(2,3)20-13(19)17(4)11(8-18)12-9(15)6-5-7-10(12)16/h5-8,11H,1-4H3. The van der Waals surface area contributed by atoms with Crippen LogP contribution in [0.5, 0.6) is 0 Å². The van der Waals surface area contributed by atoms with Crippen molar-refractivity contribution < 1.29 is 18.7 Å². The monoisotopic (exact) mass is 345 g/mol. The van der Waals surface area contributed by atoms with Crippen molar-refractivity contribution in [2.75, 3.05) is 7.05 Å². The molecule has 0 heterocycles. The average molecular weight is 346 g/mol. The summed E-state index contributed by atoms with van der Waals surface area (Å²) in [4.78, 5) is 24.3. The number of likely N-dealkylation sites (N-methyl/N-ethyl adjacent to an activating group) is 1. The summed E-state index contributed by atoms with van der Waals surface area (Å²) in [6, 6.07) is 3.30. The number of halogens is 2. The molecule has 0 radical (unpaired) electrons. The summed E-state index contributed by atoms with van der Waals surface area (Å²) in [6.07, 6.45) is -0.183. The lowest BCUT2D eigenvalue weighted by Crippen LogP contribution is -2.37. The van der Waals surface area contributed by atoms with Gasteiger partial charge in [-0.1, -0.05) is 22.0 Å². The molecule has 6 heteroatoms. The van der Waals surface area contributed by atoms with Crippen molar-refractivity contribution in [3.8, 4) is 0 Å². The molecule has 110 valence electrons. The predicted molar refractivity (Wildman–Crippen MR) is 76.9 cm³/mol. The van der Waals surface area contributed by atoms with Gasteiger partial charge in [0.1, 0.15) is 23.7 Å². The van der Waals surface area contributed by atoms with E-state index < -0.39 is 23.6 Å². The van der Waals surface area contributed by atoms with Crippen LogP contribution in [0, 0.1) is 5.82 Å². The molecule has 0 aliphatic rings. The van der Waals surface area contributed by atoms with Gasteiger partial charge < -0.3 is 9.53 Å². The van der Waals surface area contributed by atoms with E-state index in [4.69, 9.17) is 4.74 Å². The minimum absolute atomic E-state index is 0.107. The van der Waals surface area contributed by atoms with Gasteiger partial charge in [0.2, 0.25) is 0 Å². The number of amides is 1. The van der Waals surface area contributed by atoms with E-state index in [-0.39, 0.29) is 5.56 Å². The molecule has 1 atom stereocenters. The van der Waals surface area contributed by atoms with Gasteiger partial charge in [-0.3, -0.25) is 4.90 Å². The first-order chi connectivity index (χ1) is 9.17. The maximum atomic E-state index is 13.9. The van der Waals surface area contributed by atoms with Crippen molar-refractivity contribution in [1.82, 2.24) is 4.90 Å². The summed E-state index contributed by atoms with van der Waals surface area (Å²) >= 11 is 3.19. The smallest absolute Gasteiger partial charge is 0.410 e. The van der Waals surface area contributed by atoms with E-state index >= 15 is 0 Å². The van der Waals surface area contributed by atoms with Crippen molar-refractivity contribution in [1.29, 1.82) is 0 Å². The van der Waals surface area contributed by atoms with E-state index in [1.54, 1.807) is 26.8 Å². The summed E-state index contributed by atoms with van der Waals surface area (Å²) in [5.74, 6) is -0.563. The molecule has 1 rings (SSSR count). The van der Waals surface area contributed by atoms with Gasteiger partial charge in [0, 0.05) is 17.1 Å². The van der Waals surface area contributed by atoms with E-state index in [9.17, 15) is 14.0 Å². The van der Waals surface area contributed by atoms with Crippen LogP contribution in [0.1, 0.15) is 32.4 Å². The third kappa shape index (κ3) is 4.03. The Balaban J connectivity index is 3.08. The highest BCUT2D eigenvalue weighted by Crippen LogP contribution is 2.29. The van der Waals surface area contributed by atoms with Crippen LogP contribution in [-0.2, 0) is 9.53 Å². The molecule has 0 bridgehead atoms. The van der Waals surface area contributed by atoms with Crippen LogP contribution in [0.4, 0.5) is 9.18 Å². The van der Waals surface area contributed by atoms with Crippen molar-refractivity contribution in [2.24, 2.45) is 0 Å². The second-order valence-corrected chi connectivity index (χ2v) is 6.16. The molecule has 0 aliphatic heterocycles. The molecular weight excluding hydrogens is 329 g/mol. The van der Waals surface area contributed by atoms with Gasteiger partial charge in [0.05, 0.1) is 0 Å². The second kappa shape index (κ2) is 6.35. The third-order valence-corrected chi connectivity index (χ3v) is 3.21. The lowest BCUT2D eigenvalue weighted by atomic mass is 10.1. The average Bonchev–Trinajstić information content (AvgIpc) is 2.31. The maximum absolute atomic E-state index is 13.9. The Bertz CT molecular complexity index is 493. The Hall–Kier alpha value is -1.43. The SMILES string of the molecule is CN(C(=O)OC(C)(C)C)C(C=O)c1c(F)cccc1Br. The molecule has 4 nitrogen and oxygen atoms in total. The molecule has 1 aromatic rings. The number of carbonyl (C=O) groups is 2. The number of hydrogen-bond donors (Lipinski definition) is 0. The lowest BCUT2D eigenvalue weighted by molar-refractivity contribution is -0.112. The van der Waals surface area contributed by atoms with E-state index in [1.165, 1.54) is 19.2 Å². The highest BCUT2D eigenvalue weighted by atomic mass is 79.9. The zero-order valence-corrected chi connectivity index (χ0v) is 13.4. The largest absolute Gasteiger partial charge is 0.444 e. The summed E-state index contributed by atoms with van der Waals surface area (Å²) in [7, 11) is 1.39. The molecule has 0 saturated carbocycles. The Morgan fingerprint density at radius 3 is 2.50 bits per heavy atom. The Kier molecular flexibility index (Phi) is 5.28. The van der Waals surface area contributed by atoms with Gasteiger partial charge in [-0.15, -0.1) is 0 Å². The summed E-state index contributed by atoms with van der Waals surface area (Å²) < 4.78 is 19.5. The van der Waals surface area contributed by atoms with Crippen molar-refractivity contribution in [2.45, 2.75) is 32.4 Å². The number of benzene rings is 1. The van der Waals surface area contributed by atoms with Crippen LogP contribution in [0.15, 0.2) is 22.7 Å². The van der Waals surface area contributed by atoms with E-state index in [2.05, 4.69) is 15.9 Å². The molecule has 1 amide bonds. The number of carbonyl (C=O) groups excluding carboxylic acids is 2. The van der Waals surface area contributed by atoms with Gasteiger partial charge in [-0.05, 0) is 32.9 Å². The van der Waals surface area contributed by atoms with Crippen LogP contribution >= 0.6 is 15.9 Å². The third-order valence-electron chi connectivity index (χ3n) is 2.52. The number of hydrogen-bond acceptors (Lipinski definition) is 3. The van der Waals surface area contributed by atoms with Crippen molar-refractivity contribution in [3.63, 3.8) is 0 Å². The predicted octanol–water partition coefficient (Wildman–Crippen LogP) is 3.70. The Morgan fingerprint density at radius 2 is 2.05 bits per heavy atom. The van der Waals surface area contributed by atoms with Gasteiger partial charge in [-0.25, -0.2) is 9.18 Å². The normalized spacial score (nSPS) is 12.7. The van der Waals surface area contributed by atoms with Gasteiger partial charge in [-0.2, -0.15) is 0 Å². The number of rotatable bonds is 3. The zero-order chi connectivity index (χ0) is 15.5. The Labute approximate surface area is 126 Å². The highest BCUT2D eigenvalue weighted by molar-refractivity contribution is 9.10. The van der Waals surface area contributed by atoms with Crippen LogP contribution in [0.3, 0.4) is 0 Å². The van der Waals surface area contributed by atoms with E-state index in [0.717, 1.165) is 4.90 Å². The minimum atomic E-state index is -1.06. The molecule has 1 aromatic carbocycles. The first-order valence-electron chi connectivity index (χ1n) is 6.02. The van der Waals surface area contributed by atoms with Crippen LogP contribution in [0.2, 0.25) is 0 Å². The van der Waals surface area contributed by atoms with E-state index in [0.29, 0.717) is 10.8 Å². The molecule has 0 saturated heterocycles. The maximum Gasteiger partial charge on any atom is 0.410 e. The highest BCUT2D eigenvalue weighted by Gasteiger charge is 2.29. The molecule has 1 unspecified atom stereocenters. The van der Waals surface area contributed by atoms with Crippen LogP contribution in [0.25, 0.3) is 0 Å². The molecule has 0 fully saturated rings. The Morgan fingerprint density at radius 1 is 1.45 bits per heavy atom. The number of aldehydes is 1. The quantitative estimate of drug-likeness (QED) is 0.784. The first kappa shape index (κ1) is 16.6. The molecular formula is C14H17BrFNO3. The van der Waals surface area contributed by atoms with Gasteiger partial charge in [0.15, 0.2) is 0 Å². The summed E-state index contributed by atoms with van der Waals surface area (Å²) in [6.45, 7) is 5.15.